The highest BCUT2D eigenvalue weighted by Crippen LogP contribution is 2.66. The van der Waals surface area contributed by atoms with Crippen molar-refractivity contribution >= 4 is 0 Å². The molecule has 0 amide bonds. The Balaban J connectivity index is 2.10. The topological polar surface area (TPSA) is 29.5 Å². The molecule has 2 saturated carbocycles. The first-order chi connectivity index (χ1) is 7.73. The Morgan fingerprint density at radius 2 is 1.76 bits per heavy atom. The number of hydrogen-bond donors (Lipinski definition) is 1. The Bertz CT molecular complexity index is 347. The summed E-state index contributed by atoms with van der Waals surface area (Å²) >= 11 is 0. The van der Waals surface area contributed by atoms with Gasteiger partial charge in [-0.1, -0.05) is 6.92 Å². The molecule has 17 heavy (non-hydrogen) atoms. The van der Waals surface area contributed by atoms with E-state index in [0.29, 0.717) is 5.92 Å². The Kier molecular flexibility index (Phi) is 2.17. The molecule has 1 spiro atoms. The third-order valence-corrected chi connectivity index (χ3v) is 6.24. The van der Waals surface area contributed by atoms with Crippen LogP contribution in [0.3, 0.4) is 0 Å². The van der Waals surface area contributed by atoms with E-state index in [4.69, 9.17) is 4.74 Å². The highest BCUT2D eigenvalue weighted by Gasteiger charge is 2.70. The lowest BCUT2D eigenvalue weighted by Gasteiger charge is -2.58. The molecule has 2 heteroatoms. The fourth-order valence-corrected chi connectivity index (χ4v) is 5.01. The van der Waals surface area contributed by atoms with Crippen LogP contribution < -0.4 is 0 Å². The molecule has 3 unspecified atom stereocenters. The van der Waals surface area contributed by atoms with E-state index in [-0.39, 0.29) is 16.6 Å². The van der Waals surface area contributed by atoms with Gasteiger partial charge in [-0.15, -0.1) is 0 Å². The summed E-state index contributed by atoms with van der Waals surface area (Å²) in [6.07, 6.45) is 6.79. The third kappa shape index (κ3) is 1.29. The molecule has 2 bridgehead atoms. The monoisotopic (exact) mass is 238 g/mol. The minimum absolute atomic E-state index is 0.0565. The summed E-state index contributed by atoms with van der Waals surface area (Å²) in [5.41, 5.74) is -0.810. The summed E-state index contributed by atoms with van der Waals surface area (Å²) < 4.78 is 6.53. The Labute approximate surface area is 105 Å². The zero-order chi connectivity index (χ0) is 12.5. The van der Waals surface area contributed by atoms with Crippen molar-refractivity contribution in [3.05, 3.63) is 0 Å². The van der Waals surface area contributed by atoms with Gasteiger partial charge < -0.3 is 9.84 Å². The summed E-state index contributed by atoms with van der Waals surface area (Å²) in [6.45, 7) is 8.78. The fraction of sp³-hybridized carbons (Fsp3) is 1.00. The molecule has 2 nitrogen and oxygen atoms in total. The van der Waals surface area contributed by atoms with Gasteiger partial charge in [-0.2, -0.15) is 0 Å². The lowest BCUT2D eigenvalue weighted by molar-refractivity contribution is -0.259. The van der Waals surface area contributed by atoms with Crippen LogP contribution in [0.2, 0.25) is 0 Å². The van der Waals surface area contributed by atoms with Gasteiger partial charge in [0, 0.05) is 0 Å². The second-order valence-corrected chi connectivity index (χ2v) is 7.66. The largest absolute Gasteiger partial charge is 0.387 e. The summed E-state index contributed by atoms with van der Waals surface area (Å²) in [7, 11) is 0. The molecule has 1 aliphatic heterocycles. The molecule has 3 rings (SSSR count). The molecule has 3 aliphatic rings. The van der Waals surface area contributed by atoms with Crippen molar-refractivity contribution in [2.75, 3.05) is 0 Å². The molecule has 4 atom stereocenters. The van der Waals surface area contributed by atoms with Crippen molar-refractivity contribution in [2.24, 2.45) is 11.3 Å². The van der Waals surface area contributed by atoms with Gasteiger partial charge in [-0.05, 0) is 70.6 Å². The van der Waals surface area contributed by atoms with E-state index in [1.165, 1.54) is 19.3 Å². The van der Waals surface area contributed by atoms with E-state index in [2.05, 4.69) is 20.8 Å². The normalized spacial score (nSPS) is 56.6. The Hall–Kier alpha value is -0.0800. The lowest BCUT2D eigenvalue weighted by Crippen LogP contribution is -2.65. The summed E-state index contributed by atoms with van der Waals surface area (Å²) in [4.78, 5) is 0. The van der Waals surface area contributed by atoms with Crippen molar-refractivity contribution in [2.45, 2.75) is 83.0 Å². The van der Waals surface area contributed by atoms with Crippen LogP contribution in [0.5, 0.6) is 0 Å². The molecule has 98 valence electrons. The molecular formula is C15H26O2. The van der Waals surface area contributed by atoms with Crippen LogP contribution in [0.15, 0.2) is 0 Å². The van der Waals surface area contributed by atoms with Crippen LogP contribution >= 0.6 is 0 Å². The molecular weight excluding hydrogens is 212 g/mol. The van der Waals surface area contributed by atoms with Gasteiger partial charge in [-0.25, -0.2) is 0 Å². The quantitative estimate of drug-likeness (QED) is 0.702. The number of rotatable bonds is 0. The number of aliphatic hydroxyl groups is 1. The van der Waals surface area contributed by atoms with Crippen LogP contribution in [-0.4, -0.2) is 21.9 Å². The SMILES string of the molecule is CC1(C)OC23CC1CC[C@]2(C)CCCC3(C)O. The number of fused-ring (bicyclic) bond motifs is 1. The van der Waals surface area contributed by atoms with Gasteiger partial charge in [0.15, 0.2) is 0 Å². The molecule has 1 N–H and O–H groups in total. The number of hydrogen-bond acceptors (Lipinski definition) is 2. The smallest absolute Gasteiger partial charge is 0.103 e. The van der Waals surface area contributed by atoms with Crippen LogP contribution in [0.1, 0.15) is 66.2 Å². The van der Waals surface area contributed by atoms with Gasteiger partial charge >= 0.3 is 0 Å². The molecule has 3 fully saturated rings. The predicted octanol–water partition coefficient (Wildman–Crippen LogP) is 3.28. The average molecular weight is 238 g/mol. The number of ether oxygens (including phenoxy) is 1. The minimum Gasteiger partial charge on any atom is -0.387 e. The van der Waals surface area contributed by atoms with Gasteiger partial charge in [0.05, 0.1) is 11.2 Å². The first-order valence-electron chi connectivity index (χ1n) is 7.15. The first-order valence-corrected chi connectivity index (χ1v) is 7.15. The maximum atomic E-state index is 10.9. The fourth-order valence-electron chi connectivity index (χ4n) is 5.01. The molecule has 2 aliphatic carbocycles. The van der Waals surface area contributed by atoms with Crippen molar-refractivity contribution in [3.8, 4) is 0 Å². The molecule has 0 aromatic rings. The van der Waals surface area contributed by atoms with Gasteiger partial charge in [0.2, 0.25) is 0 Å². The van der Waals surface area contributed by atoms with Gasteiger partial charge in [0.25, 0.3) is 0 Å². The van der Waals surface area contributed by atoms with Crippen molar-refractivity contribution in [3.63, 3.8) is 0 Å². The van der Waals surface area contributed by atoms with Crippen LogP contribution in [-0.2, 0) is 4.74 Å². The standard InChI is InChI=1S/C15H26O2/c1-12(2)11-6-9-13(3)7-5-8-14(4,16)15(13,10-11)17-12/h11,16H,5-10H2,1-4H3/t11?,13-,14?,15?/m0/s1. The Morgan fingerprint density at radius 1 is 1.06 bits per heavy atom. The van der Waals surface area contributed by atoms with Gasteiger partial charge in [0.1, 0.15) is 5.60 Å². The van der Waals surface area contributed by atoms with E-state index < -0.39 is 5.60 Å². The van der Waals surface area contributed by atoms with E-state index in [1.807, 2.05) is 6.92 Å². The van der Waals surface area contributed by atoms with Gasteiger partial charge in [-0.3, -0.25) is 0 Å². The van der Waals surface area contributed by atoms with E-state index >= 15 is 0 Å². The molecule has 0 aromatic heterocycles. The lowest BCUT2D eigenvalue weighted by atomic mass is 9.51. The average Bonchev–Trinajstić information content (AvgIpc) is 2.42. The molecule has 1 heterocycles. The van der Waals surface area contributed by atoms with Crippen molar-refractivity contribution in [1.82, 2.24) is 0 Å². The first kappa shape index (κ1) is 12.0. The van der Waals surface area contributed by atoms with Crippen LogP contribution in [0.4, 0.5) is 0 Å². The summed E-state index contributed by atoms with van der Waals surface area (Å²) in [5, 5.41) is 10.9. The highest BCUT2D eigenvalue weighted by atomic mass is 16.5. The van der Waals surface area contributed by atoms with Crippen molar-refractivity contribution in [1.29, 1.82) is 0 Å². The Morgan fingerprint density at radius 3 is 2.47 bits per heavy atom. The third-order valence-electron chi connectivity index (χ3n) is 6.24. The van der Waals surface area contributed by atoms with Crippen LogP contribution in [0, 0.1) is 11.3 Å². The zero-order valence-corrected chi connectivity index (χ0v) is 11.7. The predicted molar refractivity (Wildman–Crippen MR) is 67.8 cm³/mol. The molecule has 0 aromatic carbocycles. The molecule has 0 radical (unpaired) electrons. The maximum absolute atomic E-state index is 10.9. The second-order valence-electron chi connectivity index (χ2n) is 7.66. The second kappa shape index (κ2) is 3.08. The zero-order valence-electron chi connectivity index (χ0n) is 11.7. The summed E-state index contributed by atoms with van der Waals surface area (Å²) in [6, 6.07) is 0. The molecule has 1 saturated heterocycles. The van der Waals surface area contributed by atoms with Crippen molar-refractivity contribution < 1.29 is 9.84 Å². The highest BCUT2D eigenvalue weighted by molar-refractivity contribution is 5.19. The van der Waals surface area contributed by atoms with E-state index in [9.17, 15) is 5.11 Å². The van der Waals surface area contributed by atoms with Crippen LogP contribution in [0.25, 0.3) is 0 Å². The minimum atomic E-state index is -0.646. The van der Waals surface area contributed by atoms with E-state index in [1.54, 1.807) is 0 Å². The summed E-state index contributed by atoms with van der Waals surface area (Å²) in [5.74, 6) is 0.625. The maximum Gasteiger partial charge on any atom is 0.103 e. The van der Waals surface area contributed by atoms with E-state index in [0.717, 1.165) is 19.3 Å².